The minimum absolute atomic E-state index is 0.289. The molecule has 1 aliphatic rings. The first-order chi connectivity index (χ1) is 10.2. The van der Waals surface area contributed by atoms with Crippen LogP contribution in [0.15, 0.2) is 36.4 Å². The SMILES string of the molecule is COc1cccc(OC)c1/C=C/C(=O)N1CCC=CC1=O. The van der Waals surface area contributed by atoms with Crippen LogP contribution in [0, 0.1) is 0 Å². The summed E-state index contributed by atoms with van der Waals surface area (Å²) in [6.45, 7) is 0.404. The van der Waals surface area contributed by atoms with Gasteiger partial charge in [-0.05, 0) is 30.7 Å². The average molecular weight is 287 g/mol. The van der Waals surface area contributed by atoms with Crippen molar-refractivity contribution in [2.45, 2.75) is 6.42 Å². The lowest BCUT2D eigenvalue weighted by Gasteiger charge is -2.19. The van der Waals surface area contributed by atoms with Gasteiger partial charge < -0.3 is 9.47 Å². The molecule has 0 saturated heterocycles. The zero-order valence-electron chi connectivity index (χ0n) is 12.0. The summed E-state index contributed by atoms with van der Waals surface area (Å²) < 4.78 is 10.5. The fourth-order valence-corrected chi connectivity index (χ4v) is 2.10. The van der Waals surface area contributed by atoms with E-state index >= 15 is 0 Å². The van der Waals surface area contributed by atoms with Crippen molar-refractivity contribution in [1.82, 2.24) is 4.90 Å². The molecule has 1 heterocycles. The van der Waals surface area contributed by atoms with Crippen LogP contribution >= 0.6 is 0 Å². The predicted octanol–water partition coefficient (Wildman–Crippen LogP) is 2.03. The standard InChI is InChI=1S/C16H17NO4/c1-20-13-6-5-7-14(21-2)12(13)9-10-16(19)17-11-4-3-8-15(17)18/h3,5-10H,4,11H2,1-2H3/b10-9+. The Morgan fingerprint density at radius 1 is 1.24 bits per heavy atom. The van der Waals surface area contributed by atoms with E-state index in [1.54, 1.807) is 44.6 Å². The summed E-state index contributed by atoms with van der Waals surface area (Å²) in [5.41, 5.74) is 0.663. The monoisotopic (exact) mass is 287 g/mol. The molecule has 0 fully saturated rings. The van der Waals surface area contributed by atoms with E-state index in [1.807, 2.05) is 0 Å². The molecule has 5 nitrogen and oxygen atoms in total. The molecule has 0 radical (unpaired) electrons. The molecule has 0 N–H and O–H groups in total. The van der Waals surface area contributed by atoms with E-state index in [4.69, 9.17) is 9.47 Å². The highest BCUT2D eigenvalue weighted by molar-refractivity contribution is 6.07. The zero-order chi connectivity index (χ0) is 15.2. The van der Waals surface area contributed by atoms with Crippen molar-refractivity contribution in [2.75, 3.05) is 20.8 Å². The summed E-state index contributed by atoms with van der Waals surface area (Å²) in [7, 11) is 3.10. The molecule has 5 heteroatoms. The molecule has 2 rings (SSSR count). The van der Waals surface area contributed by atoms with Crippen molar-refractivity contribution < 1.29 is 19.1 Å². The van der Waals surface area contributed by atoms with E-state index in [0.29, 0.717) is 30.0 Å². The van der Waals surface area contributed by atoms with Gasteiger partial charge in [0.2, 0.25) is 0 Å². The summed E-state index contributed by atoms with van der Waals surface area (Å²) in [4.78, 5) is 24.9. The van der Waals surface area contributed by atoms with Crippen LogP contribution in [0.1, 0.15) is 12.0 Å². The number of imide groups is 1. The zero-order valence-corrected chi connectivity index (χ0v) is 12.0. The number of methoxy groups -OCH3 is 2. The Balaban J connectivity index is 2.23. The molecular formula is C16H17NO4. The second-order valence-corrected chi connectivity index (χ2v) is 4.43. The molecule has 0 unspecified atom stereocenters. The van der Waals surface area contributed by atoms with E-state index < -0.39 is 0 Å². The Labute approximate surface area is 123 Å². The third-order valence-electron chi connectivity index (χ3n) is 3.17. The van der Waals surface area contributed by atoms with Crippen LogP contribution in [0.5, 0.6) is 11.5 Å². The van der Waals surface area contributed by atoms with Crippen LogP contribution in [0.25, 0.3) is 6.08 Å². The molecule has 2 amide bonds. The number of ether oxygens (including phenoxy) is 2. The van der Waals surface area contributed by atoms with Crippen LogP contribution in [0.4, 0.5) is 0 Å². The fourth-order valence-electron chi connectivity index (χ4n) is 2.10. The van der Waals surface area contributed by atoms with Crippen LogP contribution in [0.3, 0.4) is 0 Å². The van der Waals surface area contributed by atoms with Gasteiger partial charge in [-0.25, -0.2) is 0 Å². The number of nitrogens with zero attached hydrogens (tertiary/aromatic N) is 1. The quantitative estimate of drug-likeness (QED) is 0.795. The first kappa shape index (κ1) is 14.8. The topological polar surface area (TPSA) is 55.8 Å². The second-order valence-electron chi connectivity index (χ2n) is 4.43. The van der Waals surface area contributed by atoms with Gasteiger partial charge in [-0.15, -0.1) is 0 Å². The van der Waals surface area contributed by atoms with E-state index in [9.17, 15) is 9.59 Å². The highest BCUT2D eigenvalue weighted by atomic mass is 16.5. The Hall–Kier alpha value is -2.56. The lowest BCUT2D eigenvalue weighted by atomic mass is 10.1. The van der Waals surface area contributed by atoms with E-state index in [-0.39, 0.29) is 11.8 Å². The van der Waals surface area contributed by atoms with Gasteiger partial charge >= 0.3 is 0 Å². The number of carbonyl (C=O) groups is 2. The molecule has 1 aromatic carbocycles. The van der Waals surface area contributed by atoms with Crippen molar-refractivity contribution in [3.05, 3.63) is 42.0 Å². The van der Waals surface area contributed by atoms with Gasteiger partial charge in [-0.3, -0.25) is 14.5 Å². The molecule has 110 valence electrons. The van der Waals surface area contributed by atoms with Crippen LogP contribution in [-0.2, 0) is 9.59 Å². The minimum Gasteiger partial charge on any atom is -0.496 e. The third kappa shape index (κ3) is 3.31. The summed E-state index contributed by atoms with van der Waals surface area (Å²) >= 11 is 0. The van der Waals surface area contributed by atoms with Gasteiger partial charge in [0.05, 0.1) is 19.8 Å². The lowest BCUT2D eigenvalue weighted by Crippen LogP contribution is -2.37. The van der Waals surface area contributed by atoms with Crippen LogP contribution in [-0.4, -0.2) is 37.5 Å². The van der Waals surface area contributed by atoms with Gasteiger partial charge in [0, 0.05) is 12.6 Å². The Kier molecular flexibility index (Phi) is 4.77. The first-order valence-corrected chi connectivity index (χ1v) is 6.58. The summed E-state index contributed by atoms with van der Waals surface area (Å²) in [6.07, 6.45) is 6.82. The van der Waals surface area contributed by atoms with Crippen LogP contribution in [0.2, 0.25) is 0 Å². The smallest absolute Gasteiger partial charge is 0.253 e. The van der Waals surface area contributed by atoms with Gasteiger partial charge in [0.25, 0.3) is 11.8 Å². The van der Waals surface area contributed by atoms with E-state index in [1.165, 1.54) is 17.1 Å². The summed E-state index contributed by atoms with van der Waals surface area (Å²) in [5.74, 6) is 0.562. The first-order valence-electron chi connectivity index (χ1n) is 6.58. The van der Waals surface area contributed by atoms with Gasteiger partial charge in [-0.2, -0.15) is 0 Å². The Morgan fingerprint density at radius 3 is 2.48 bits per heavy atom. The van der Waals surface area contributed by atoms with Crippen molar-refractivity contribution in [2.24, 2.45) is 0 Å². The Morgan fingerprint density at radius 2 is 1.90 bits per heavy atom. The van der Waals surface area contributed by atoms with Crippen molar-refractivity contribution >= 4 is 17.9 Å². The number of carbonyl (C=O) groups excluding carboxylic acids is 2. The van der Waals surface area contributed by atoms with Crippen LogP contribution < -0.4 is 9.47 Å². The van der Waals surface area contributed by atoms with Gasteiger partial charge in [0.1, 0.15) is 11.5 Å². The highest BCUT2D eigenvalue weighted by Crippen LogP contribution is 2.29. The average Bonchev–Trinajstić information content (AvgIpc) is 2.52. The molecule has 0 saturated carbocycles. The van der Waals surface area contributed by atoms with Crippen molar-refractivity contribution in [3.63, 3.8) is 0 Å². The molecular weight excluding hydrogens is 270 g/mol. The second kappa shape index (κ2) is 6.74. The summed E-state index contributed by atoms with van der Waals surface area (Å²) in [5, 5.41) is 0. The molecule has 0 atom stereocenters. The molecule has 1 aromatic rings. The largest absolute Gasteiger partial charge is 0.496 e. The number of rotatable bonds is 4. The van der Waals surface area contributed by atoms with E-state index in [2.05, 4.69) is 0 Å². The normalized spacial score (nSPS) is 14.6. The fraction of sp³-hybridized carbons (Fsp3) is 0.250. The molecule has 0 spiro atoms. The summed E-state index contributed by atoms with van der Waals surface area (Å²) in [6, 6.07) is 5.36. The van der Waals surface area contributed by atoms with Gasteiger partial charge in [0.15, 0.2) is 0 Å². The molecule has 0 aromatic heterocycles. The lowest BCUT2D eigenvalue weighted by molar-refractivity contribution is -0.139. The minimum atomic E-state index is -0.350. The van der Waals surface area contributed by atoms with E-state index in [0.717, 1.165) is 0 Å². The number of amides is 2. The number of benzene rings is 1. The van der Waals surface area contributed by atoms with Crippen molar-refractivity contribution in [1.29, 1.82) is 0 Å². The number of hydrogen-bond acceptors (Lipinski definition) is 4. The molecule has 0 aliphatic carbocycles. The highest BCUT2D eigenvalue weighted by Gasteiger charge is 2.19. The van der Waals surface area contributed by atoms with Gasteiger partial charge in [-0.1, -0.05) is 12.1 Å². The maximum atomic E-state index is 12.1. The maximum absolute atomic E-state index is 12.1. The number of hydrogen-bond donors (Lipinski definition) is 0. The molecule has 0 bridgehead atoms. The third-order valence-corrected chi connectivity index (χ3v) is 3.17. The predicted molar refractivity (Wildman–Crippen MR) is 79.1 cm³/mol. The Bertz CT molecular complexity index is 582. The molecule has 21 heavy (non-hydrogen) atoms. The maximum Gasteiger partial charge on any atom is 0.253 e. The van der Waals surface area contributed by atoms with Crippen molar-refractivity contribution in [3.8, 4) is 11.5 Å². The molecule has 1 aliphatic heterocycles.